The minimum absolute atomic E-state index is 0.381. The molecule has 91 valence electrons. The van der Waals surface area contributed by atoms with Crippen molar-refractivity contribution in [3.8, 4) is 0 Å². The monoisotopic (exact) mass is 264 g/mol. The Morgan fingerprint density at radius 1 is 1.28 bits per heavy atom. The Labute approximate surface area is 106 Å². The van der Waals surface area contributed by atoms with Crippen LogP contribution in [-0.4, -0.2) is 33.0 Å². The van der Waals surface area contributed by atoms with E-state index in [1.807, 2.05) is 0 Å². The van der Waals surface area contributed by atoms with Crippen molar-refractivity contribution in [2.45, 2.75) is 0 Å². The lowest BCUT2D eigenvalue weighted by atomic mass is 10.2. The van der Waals surface area contributed by atoms with Gasteiger partial charge in [-0.1, -0.05) is 0 Å². The fourth-order valence-electron chi connectivity index (χ4n) is 1.53. The molecule has 9 heteroatoms. The Morgan fingerprint density at radius 3 is 2.94 bits per heavy atom. The first kappa shape index (κ1) is 10.8. The standard InChI is InChI=1S/C9H6N5O3S/c15-6-8(16)11-4-13(9(6)17)7-5-3-10-1-2-14(5)18-12-7/h1-4,12H,(H,11,16). The van der Waals surface area contributed by atoms with E-state index in [0.717, 1.165) is 11.6 Å². The summed E-state index contributed by atoms with van der Waals surface area (Å²) < 4.78 is 4.62. The van der Waals surface area contributed by atoms with Crippen molar-refractivity contribution in [3.05, 3.63) is 30.6 Å². The number of carbonyl (C=O) groups is 3. The summed E-state index contributed by atoms with van der Waals surface area (Å²) in [6, 6.07) is 0. The summed E-state index contributed by atoms with van der Waals surface area (Å²) in [5, 5.41) is 2.21. The number of fused-ring (bicyclic) bond motifs is 1. The van der Waals surface area contributed by atoms with Crippen LogP contribution >= 0.6 is 12.1 Å². The Bertz CT molecular complexity index is 552. The lowest BCUT2D eigenvalue weighted by molar-refractivity contribution is -0.151. The summed E-state index contributed by atoms with van der Waals surface area (Å²) in [5.41, 5.74) is 0.621. The van der Waals surface area contributed by atoms with Crippen LogP contribution in [-0.2, 0) is 14.4 Å². The Morgan fingerprint density at radius 2 is 2.11 bits per heavy atom. The normalized spacial score (nSPS) is 22.3. The second-order valence-electron chi connectivity index (χ2n) is 3.44. The van der Waals surface area contributed by atoms with E-state index in [9.17, 15) is 14.4 Å². The first-order valence-corrected chi connectivity index (χ1v) is 5.64. The molecule has 1 radical (unpaired) electrons. The molecule has 18 heavy (non-hydrogen) atoms. The van der Waals surface area contributed by atoms with E-state index < -0.39 is 17.6 Å². The maximum atomic E-state index is 11.7. The molecule has 8 nitrogen and oxygen atoms in total. The Hall–Kier alpha value is -2.29. The molecule has 0 spiro atoms. The molecular formula is C9H6N5O3S. The quantitative estimate of drug-likeness (QED) is 0.457. The van der Waals surface area contributed by atoms with Crippen LogP contribution in [0.25, 0.3) is 0 Å². The van der Waals surface area contributed by atoms with E-state index in [1.54, 1.807) is 22.9 Å². The van der Waals surface area contributed by atoms with Gasteiger partial charge in [0.1, 0.15) is 11.5 Å². The molecule has 3 aliphatic heterocycles. The maximum absolute atomic E-state index is 11.7. The molecule has 2 amide bonds. The molecule has 0 atom stereocenters. The average Bonchev–Trinajstić information content (AvgIpc) is 2.80. The van der Waals surface area contributed by atoms with Crippen LogP contribution in [0.4, 0.5) is 0 Å². The summed E-state index contributed by atoms with van der Waals surface area (Å²) in [7, 11) is 0. The Balaban J connectivity index is 1.94. The number of aliphatic imine (C=N–C) groups is 1. The van der Waals surface area contributed by atoms with Crippen molar-refractivity contribution in [3.63, 3.8) is 0 Å². The zero-order valence-corrected chi connectivity index (χ0v) is 9.60. The SMILES string of the molecule is O=C1N[CH]N(C2=C3C=NC=CN3SN2)C(=O)C1=O. The Kier molecular flexibility index (Phi) is 2.33. The molecule has 0 saturated carbocycles. The highest BCUT2D eigenvalue weighted by molar-refractivity contribution is 7.95. The minimum Gasteiger partial charge on any atom is -0.325 e. The lowest BCUT2D eigenvalue weighted by Crippen LogP contribution is -2.52. The zero-order valence-electron chi connectivity index (χ0n) is 8.78. The van der Waals surface area contributed by atoms with Crippen molar-refractivity contribution >= 4 is 35.9 Å². The van der Waals surface area contributed by atoms with Crippen LogP contribution in [0, 0.1) is 6.67 Å². The number of rotatable bonds is 1. The van der Waals surface area contributed by atoms with Gasteiger partial charge in [-0.05, 0) is 0 Å². The molecule has 2 N–H and O–H groups in total. The molecule has 0 bridgehead atoms. The van der Waals surface area contributed by atoms with Crippen LogP contribution in [0.5, 0.6) is 0 Å². The van der Waals surface area contributed by atoms with Gasteiger partial charge >= 0.3 is 11.7 Å². The maximum Gasteiger partial charge on any atom is 0.307 e. The van der Waals surface area contributed by atoms with Gasteiger partial charge in [-0.25, -0.2) is 0 Å². The lowest BCUT2D eigenvalue weighted by Gasteiger charge is -2.25. The van der Waals surface area contributed by atoms with E-state index in [2.05, 4.69) is 15.0 Å². The number of hydrogen-bond donors (Lipinski definition) is 2. The fraction of sp³-hybridized carbons (Fsp3) is 0. The minimum atomic E-state index is -1.10. The second kappa shape index (κ2) is 3.88. The van der Waals surface area contributed by atoms with Crippen molar-refractivity contribution in [2.75, 3.05) is 0 Å². The number of Topliss-reactive ketones (excluding diaryl/α,β-unsaturated/α-hetero) is 1. The first-order valence-electron chi connectivity index (χ1n) is 4.86. The van der Waals surface area contributed by atoms with Crippen molar-refractivity contribution < 1.29 is 14.4 Å². The third-order valence-corrected chi connectivity index (χ3v) is 3.19. The number of hydrogen-bond acceptors (Lipinski definition) is 7. The summed E-state index contributed by atoms with van der Waals surface area (Å²) in [6.45, 7) is 1.15. The topological polar surface area (TPSA) is 94.1 Å². The third-order valence-electron chi connectivity index (χ3n) is 2.39. The molecule has 0 aliphatic carbocycles. The van der Waals surface area contributed by atoms with Crippen molar-refractivity contribution in [2.24, 2.45) is 4.99 Å². The molecule has 0 aromatic rings. The molecule has 3 heterocycles. The second-order valence-corrected chi connectivity index (χ2v) is 4.22. The van der Waals surface area contributed by atoms with Crippen molar-refractivity contribution in [1.29, 1.82) is 0 Å². The van der Waals surface area contributed by atoms with Gasteiger partial charge in [0.2, 0.25) is 0 Å². The number of ketones is 1. The van der Waals surface area contributed by atoms with Crippen LogP contribution < -0.4 is 10.0 Å². The average molecular weight is 264 g/mol. The van der Waals surface area contributed by atoms with Gasteiger partial charge in [0.15, 0.2) is 6.67 Å². The number of nitrogens with zero attached hydrogens (tertiary/aromatic N) is 3. The predicted molar refractivity (Wildman–Crippen MR) is 61.5 cm³/mol. The summed E-state index contributed by atoms with van der Waals surface area (Å²) >= 11 is 1.23. The highest BCUT2D eigenvalue weighted by Gasteiger charge is 2.39. The van der Waals surface area contributed by atoms with Crippen LogP contribution in [0.1, 0.15) is 0 Å². The number of nitrogens with one attached hydrogen (secondary N) is 2. The molecule has 3 aliphatic rings. The van der Waals surface area contributed by atoms with E-state index >= 15 is 0 Å². The highest BCUT2D eigenvalue weighted by Crippen LogP contribution is 2.30. The zero-order chi connectivity index (χ0) is 12.7. The third kappa shape index (κ3) is 1.48. The van der Waals surface area contributed by atoms with Gasteiger partial charge < -0.3 is 5.32 Å². The molecule has 1 fully saturated rings. The van der Waals surface area contributed by atoms with E-state index in [0.29, 0.717) is 11.5 Å². The van der Waals surface area contributed by atoms with Crippen molar-refractivity contribution in [1.82, 2.24) is 19.2 Å². The first-order chi connectivity index (χ1) is 8.68. The number of allylic oxidation sites excluding steroid dienone is 1. The highest BCUT2D eigenvalue weighted by atomic mass is 32.2. The molecule has 0 unspecified atom stereocenters. The molecule has 0 aromatic carbocycles. The van der Waals surface area contributed by atoms with Crippen LogP contribution in [0.15, 0.2) is 28.9 Å². The fourth-order valence-corrected chi connectivity index (χ4v) is 2.27. The van der Waals surface area contributed by atoms with E-state index in [-0.39, 0.29) is 0 Å². The molecule has 3 rings (SSSR count). The summed E-state index contributed by atoms with van der Waals surface area (Å²) in [4.78, 5) is 39.0. The summed E-state index contributed by atoms with van der Waals surface area (Å²) in [5.74, 6) is -2.55. The van der Waals surface area contributed by atoms with Crippen LogP contribution in [0.3, 0.4) is 0 Å². The van der Waals surface area contributed by atoms with Crippen LogP contribution in [0.2, 0.25) is 0 Å². The smallest absolute Gasteiger partial charge is 0.307 e. The number of amides is 2. The molecular weight excluding hydrogens is 258 g/mol. The molecule has 0 aromatic heterocycles. The van der Waals surface area contributed by atoms with Gasteiger partial charge in [0, 0.05) is 12.4 Å². The van der Waals surface area contributed by atoms with Gasteiger partial charge in [-0.2, -0.15) is 0 Å². The molecule has 1 saturated heterocycles. The number of carbonyl (C=O) groups excluding carboxylic acids is 3. The predicted octanol–water partition coefficient (Wildman–Crippen LogP) is -1.17. The van der Waals surface area contributed by atoms with Gasteiger partial charge in [-0.15, -0.1) is 0 Å². The van der Waals surface area contributed by atoms with E-state index in [1.165, 1.54) is 12.1 Å². The van der Waals surface area contributed by atoms with Gasteiger partial charge in [0.25, 0.3) is 5.91 Å². The largest absolute Gasteiger partial charge is 0.325 e. The van der Waals surface area contributed by atoms with Gasteiger partial charge in [0.05, 0.1) is 18.3 Å². The van der Waals surface area contributed by atoms with Gasteiger partial charge in [-0.3, -0.25) is 33.3 Å². The van der Waals surface area contributed by atoms with E-state index in [4.69, 9.17) is 0 Å². The summed E-state index contributed by atoms with van der Waals surface area (Å²) in [6.07, 6.45) is 4.84.